The van der Waals surface area contributed by atoms with Crippen molar-refractivity contribution in [2.45, 2.75) is 83.0 Å². The number of likely N-dealkylation sites (tertiary alicyclic amines) is 1. The van der Waals surface area contributed by atoms with E-state index < -0.39 is 0 Å². The molecule has 1 aromatic heterocycles. The Morgan fingerprint density at radius 2 is 1.73 bits per heavy atom. The highest BCUT2D eigenvalue weighted by atomic mass is 16.4. The Hall–Kier alpha value is -1.65. The monoisotopic (exact) mass is 410 g/mol. The van der Waals surface area contributed by atoms with Crippen molar-refractivity contribution in [3.63, 3.8) is 0 Å². The molecule has 0 bridgehead atoms. The van der Waals surface area contributed by atoms with Gasteiger partial charge in [-0.2, -0.15) is 0 Å². The summed E-state index contributed by atoms with van der Waals surface area (Å²) in [4.78, 5) is 7.18. The summed E-state index contributed by atoms with van der Waals surface area (Å²) in [5.74, 6) is 2.27. The maximum Gasteiger partial charge on any atom is 0.226 e. The number of piperidine rings is 1. The van der Waals surface area contributed by atoms with Crippen molar-refractivity contribution < 1.29 is 9.52 Å². The highest BCUT2D eigenvalue weighted by Gasteiger charge is 2.37. The third-order valence-electron chi connectivity index (χ3n) is 7.50. The van der Waals surface area contributed by atoms with E-state index >= 15 is 0 Å². The number of oxazole rings is 1. The van der Waals surface area contributed by atoms with E-state index in [4.69, 9.17) is 9.52 Å². The van der Waals surface area contributed by atoms with Crippen molar-refractivity contribution in [1.29, 1.82) is 0 Å². The first-order chi connectivity index (χ1) is 14.3. The summed E-state index contributed by atoms with van der Waals surface area (Å²) >= 11 is 0. The van der Waals surface area contributed by atoms with E-state index in [-0.39, 0.29) is 10.8 Å². The molecule has 0 amide bonds. The fourth-order valence-corrected chi connectivity index (χ4v) is 5.22. The number of nitrogens with zero attached hydrogens (tertiary/aromatic N) is 2. The van der Waals surface area contributed by atoms with Gasteiger partial charge in [-0.15, -0.1) is 0 Å². The molecule has 164 valence electrons. The van der Waals surface area contributed by atoms with Crippen LogP contribution in [0.15, 0.2) is 28.8 Å². The Morgan fingerprint density at radius 3 is 2.43 bits per heavy atom. The Kier molecular flexibility index (Phi) is 6.09. The Bertz CT molecular complexity index is 860. The SMILES string of the molecule is CC1(C)CCC(C)(C)c2cc(-c3ncc(C4CCN(CCCCO)CC4)o3)ccc21. The van der Waals surface area contributed by atoms with Gasteiger partial charge in [0.2, 0.25) is 5.89 Å². The number of hydrogen-bond acceptors (Lipinski definition) is 4. The van der Waals surface area contributed by atoms with Gasteiger partial charge in [-0.05, 0) is 92.2 Å². The minimum absolute atomic E-state index is 0.194. The number of unbranched alkanes of at least 4 members (excludes halogenated alkanes) is 1. The van der Waals surface area contributed by atoms with Gasteiger partial charge < -0.3 is 14.4 Å². The van der Waals surface area contributed by atoms with Crippen molar-refractivity contribution in [2.24, 2.45) is 0 Å². The fourth-order valence-electron chi connectivity index (χ4n) is 5.22. The molecule has 4 heteroatoms. The van der Waals surface area contributed by atoms with Crippen LogP contribution in [0.3, 0.4) is 0 Å². The summed E-state index contributed by atoms with van der Waals surface area (Å²) in [5, 5.41) is 8.96. The fraction of sp³-hybridized carbons (Fsp3) is 0.654. The third-order valence-corrected chi connectivity index (χ3v) is 7.50. The van der Waals surface area contributed by atoms with Gasteiger partial charge in [0.25, 0.3) is 0 Å². The van der Waals surface area contributed by atoms with E-state index in [9.17, 15) is 0 Å². The molecule has 2 aliphatic rings. The molecular weight excluding hydrogens is 372 g/mol. The maximum atomic E-state index is 8.96. The highest BCUT2D eigenvalue weighted by molar-refractivity contribution is 5.59. The normalized spacial score (nSPS) is 21.5. The van der Waals surface area contributed by atoms with E-state index in [1.807, 2.05) is 6.20 Å². The Morgan fingerprint density at radius 1 is 1.03 bits per heavy atom. The topological polar surface area (TPSA) is 49.5 Å². The van der Waals surface area contributed by atoms with Crippen molar-refractivity contribution in [3.05, 3.63) is 41.3 Å². The highest BCUT2D eigenvalue weighted by Crippen LogP contribution is 2.46. The summed E-state index contributed by atoms with van der Waals surface area (Å²) in [5.41, 5.74) is 4.46. The van der Waals surface area contributed by atoms with Crippen molar-refractivity contribution in [3.8, 4) is 11.5 Å². The number of benzene rings is 1. The van der Waals surface area contributed by atoms with E-state index in [2.05, 4.69) is 55.8 Å². The van der Waals surface area contributed by atoms with E-state index in [0.29, 0.717) is 12.5 Å². The van der Waals surface area contributed by atoms with Crippen LogP contribution in [0.2, 0.25) is 0 Å². The van der Waals surface area contributed by atoms with Gasteiger partial charge in [0, 0.05) is 18.1 Å². The first-order valence-electron chi connectivity index (χ1n) is 11.7. The van der Waals surface area contributed by atoms with Crippen LogP contribution in [0.4, 0.5) is 0 Å². The van der Waals surface area contributed by atoms with Crippen LogP contribution in [0.25, 0.3) is 11.5 Å². The molecule has 30 heavy (non-hydrogen) atoms. The lowest BCUT2D eigenvalue weighted by Crippen LogP contribution is -2.33. The molecular formula is C26H38N2O2. The Labute approximate surface area is 181 Å². The van der Waals surface area contributed by atoms with Crippen LogP contribution in [0, 0.1) is 0 Å². The van der Waals surface area contributed by atoms with Gasteiger partial charge in [-0.25, -0.2) is 4.98 Å². The largest absolute Gasteiger partial charge is 0.441 e. The second kappa shape index (κ2) is 8.47. The van der Waals surface area contributed by atoms with Crippen LogP contribution in [0.1, 0.15) is 89.0 Å². The predicted molar refractivity (Wildman–Crippen MR) is 122 cm³/mol. The second-order valence-electron chi connectivity index (χ2n) is 10.6. The van der Waals surface area contributed by atoms with Gasteiger partial charge >= 0.3 is 0 Å². The smallest absolute Gasteiger partial charge is 0.226 e. The number of aliphatic hydroxyl groups excluding tert-OH is 1. The van der Waals surface area contributed by atoms with Crippen LogP contribution < -0.4 is 0 Å². The van der Waals surface area contributed by atoms with Crippen LogP contribution in [-0.2, 0) is 10.8 Å². The molecule has 0 unspecified atom stereocenters. The summed E-state index contributed by atoms with van der Waals surface area (Å²) in [6.07, 6.45) is 8.63. The van der Waals surface area contributed by atoms with Gasteiger partial charge in [0.15, 0.2) is 0 Å². The molecule has 1 aromatic carbocycles. The number of hydrogen-bond donors (Lipinski definition) is 1. The molecule has 1 aliphatic heterocycles. The number of aliphatic hydroxyl groups is 1. The van der Waals surface area contributed by atoms with Crippen LogP contribution >= 0.6 is 0 Å². The maximum absolute atomic E-state index is 8.96. The lowest BCUT2D eigenvalue weighted by atomic mass is 9.63. The molecule has 0 atom stereocenters. The molecule has 4 rings (SSSR count). The molecule has 0 saturated carbocycles. The minimum Gasteiger partial charge on any atom is -0.441 e. The lowest BCUT2D eigenvalue weighted by molar-refractivity contribution is 0.192. The second-order valence-corrected chi connectivity index (χ2v) is 10.6. The predicted octanol–water partition coefficient (Wildman–Crippen LogP) is 5.64. The standard InChI is InChI=1S/C26H38N2O2/c1-25(2)11-12-26(3,4)22-17-20(7-8-21(22)25)24-27-18-23(30-24)19-9-14-28(15-10-19)13-5-6-16-29/h7-8,17-19,29H,5-6,9-16H2,1-4H3. The molecule has 2 heterocycles. The molecule has 1 aliphatic carbocycles. The molecule has 0 radical (unpaired) electrons. The zero-order valence-electron chi connectivity index (χ0n) is 19.2. The summed E-state index contributed by atoms with van der Waals surface area (Å²) < 4.78 is 6.29. The molecule has 2 aromatic rings. The number of fused-ring (bicyclic) bond motifs is 1. The summed E-state index contributed by atoms with van der Waals surface area (Å²) in [6.45, 7) is 13.0. The third kappa shape index (κ3) is 4.36. The van der Waals surface area contributed by atoms with Crippen LogP contribution in [0.5, 0.6) is 0 Å². The van der Waals surface area contributed by atoms with Crippen LogP contribution in [-0.4, -0.2) is 41.2 Å². The molecule has 0 spiro atoms. The quantitative estimate of drug-likeness (QED) is 0.626. The molecule has 1 N–H and O–H groups in total. The van der Waals surface area contributed by atoms with Gasteiger partial charge in [-0.3, -0.25) is 0 Å². The minimum atomic E-state index is 0.194. The van der Waals surface area contributed by atoms with Gasteiger partial charge in [0.05, 0.1) is 6.20 Å². The average Bonchev–Trinajstić information content (AvgIpc) is 3.22. The van der Waals surface area contributed by atoms with E-state index in [1.165, 1.54) is 24.0 Å². The van der Waals surface area contributed by atoms with E-state index in [0.717, 1.165) is 62.5 Å². The number of aromatic nitrogens is 1. The van der Waals surface area contributed by atoms with Crippen molar-refractivity contribution >= 4 is 0 Å². The van der Waals surface area contributed by atoms with Crippen molar-refractivity contribution in [1.82, 2.24) is 9.88 Å². The Balaban J connectivity index is 1.48. The van der Waals surface area contributed by atoms with Gasteiger partial charge in [-0.1, -0.05) is 33.8 Å². The number of rotatable bonds is 6. The zero-order valence-corrected chi connectivity index (χ0v) is 19.2. The molecule has 1 saturated heterocycles. The molecule has 1 fully saturated rings. The lowest BCUT2D eigenvalue weighted by Gasteiger charge is -2.42. The zero-order chi connectivity index (χ0) is 21.4. The summed E-state index contributed by atoms with van der Waals surface area (Å²) in [6, 6.07) is 6.83. The van der Waals surface area contributed by atoms with E-state index in [1.54, 1.807) is 0 Å². The average molecular weight is 411 g/mol. The van der Waals surface area contributed by atoms with Crippen molar-refractivity contribution in [2.75, 3.05) is 26.2 Å². The summed E-state index contributed by atoms with van der Waals surface area (Å²) in [7, 11) is 0. The van der Waals surface area contributed by atoms with Gasteiger partial charge in [0.1, 0.15) is 5.76 Å². The first-order valence-corrected chi connectivity index (χ1v) is 11.7. The molecule has 4 nitrogen and oxygen atoms in total. The first kappa shape index (κ1) is 21.6.